The van der Waals surface area contributed by atoms with Gasteiger partial charge in [-0.25, -0.2) is 0 Å². The number of rotatable bonds is 2. The van der Waals surface area contributed by atoms with E-state index in [1.54, 1.807) is 6.07 Å². The Balaban J connectivity index is 3.06. The number of benzene rings is 1. The molecule has 0 saturated carbocycles. The molecule has 3 heteroatoms. The van der Waals surface area contributed by atoms with Gasteiger partial charge in [0.15, 0.2) is 0 Å². The van der Waals surface area contributed by atoms with Gasteiger partial charge in [-0.15, -0.1) is 0 Å². The van der Waals surface area contributed by atoms with Crippen LogP contribution >= 0.6 is 0 Å². The SMILES string of the molecule is C[I-]c1ccc(F)cc1CO. The van der Waals surface area contributed by atoms with Gasteiger partial charge in [0.2, 0.25) is 0 Å². The van der Waals surface area contributed by atoms with Gasteiger partial charge in [0.25, 0.3) is 0 Å². The van der Waals surface area contributed by atoms with Crippen molar-refractivity contribution in [3.63, 3.8) is 0 Å². The van der Waals surface area contributed by atoms with Crippen LogP contribution in [0.25, 0.3) is 0 Å². The molecule has 0 atom stereocenters. The van der Waals surface area contributed by atoms with Crippen molar-refractivity contribution in [3.05, 3.63) is 33.1 Å². The molecule has 0 aliphatic rings. The van der Waals surface area contributed by atoms with E-state index >= 15 is 0 Å². The van der Waals surface area contributed by atoms with Gasteiger partial charge >= 0.3 is 75.4 Å². The molecule has 0 heterocycles. The van der Waals surface area contributed by atoms with E-state index in [4.69, 9.17) is 5.11 Å². The van der Waals surface area contributed by atoms with E-state index in [1.807, 2.05) is 0 Å². The number of hydrogen-bond acceptors (Lipinski definition) is 1. The number of aliphatic hydroxyl groups is 1. The number of aliphatic hydroxyl groups excluding tert-OH is 1. The van der Waals surface area contributed by atoms with E-state index in [2.05, 4.69) is 4.93 Å². The fourth-order valence-electron chi connectivity index (χ4n) is 0.849. The van der Waals surface area contributed by atoms with Crippen LogP contribution < -0.4 is 21.2 Å². The molecule has 11 heavy (non-hydrogen) atoms. The van der Waals surface area contributed by atoms with Crippen molar-refractivity contribution in [1.82, 2.24) is 0 Å². The number of alkyl halides is 1. The second-order valence-electron chi connectivity index (χ2n) is 2.08. The zero-order chi connectivity index (χ0) is 8.27. The van der Waals surface area contributed by atoms with Gasteiger partial charge in [-0.2, -0.15) is 0 Å². The second-order valence-corrected chi connectivity index (χ2v) is 4.32. The van der Waals surface area contributed by atoms with Gasteiger partial charge < -0.3 is 0 Å². The van der Waals surface area contributed by atoms with Crippen LogP contribution in [0.3, 0.4) is 0 Å². The van der Waals surface area contributed by atoms with Gasteiger partial charge in [-0.3, -0.25) is 0 Å². The van der Waals surface area contributed by atoms with Gasteiger partial charge in [0.1, 0.15) is 0 Å². The summed E-state index contributed by atoms with van der Waals surface area (Å²) in [7, 11) is 0. The second kappa shape index (κ2) is 4.01. The van der Waals surface area contributed by atoms with E-state index < -0.39 is 0 Å². The predicted molar refractivity (Wildman–Crippen MR) is 36.9 cm³/mol. The average Bonchev–Trinajstić information content (AvgIpc) is 2.04. The van der Waals surface area contributed by atoms with Gasteiger partial charge in [0.05, 0.1) is 0 Å². The van der Waals surface area contributed by atoms with Crippen molar-refractivity contribution in [2.75, 3.05) is 4.93 Å². The normalized spacial score (nSPS) is 10.5. The Kier molecular flexibility index (Phi) is 3.26. The third-order valence-electron chi connectivity index (χ3n) is 1.38. The summed E-state index contributed by atoms with van der Waals surface area (Å²) in [4.78, 5) is 2.09. The summed E-state index contributed by atoms with van der Waals surface area (Å²) in [6.45, 7) is -0.0549. The summed E-state index contributed by atoms with van der Waals surface area (Å²) in [5.41, 5.74) is 0.736. The Hall–Kier alpha value is -0.160. The first kappa shape index (κ1) is 8.93. The molecule has 0 radical (unpaired) electrons. The zero-order valence-corrected chi connectivity index (χ0v) is 8.30. The van der Waals surface area contributed by atoms with E-state index in [0.29, 0.717) is 0 Å². The van der Waals surface area contributed by atoms with Crippen molar-refractivity contribution in [3.8, 4) is 0 Å². The van der Waals surface area contributed by atoms with Gasteiger partial charge in [0, 0.05) is 0 Å². The number of halogens is 2. The standard InChI is InChI=1S/C8H9FIO/c1-10-8-3-2-7(9)4-6(8)5-11/h2-4,11H,5H2,1H3/q-1. The molecule has 0 fully saturated rings. The average molecular weight is 267 g/mol. The molecule has 0 amide bonds. The van der Waals surface area contributed by atoms with Crippen LogP contribution in [0.1, 0.15) is 5.56 Å². The van der Waals surface area contributed by atoms with Crippen LogP contribution in [0, 0.1) is 9.39 Å². The molecule has 0 bridgehead atoms. The number of hydrogen-bond donors (Lipinski definition) is 1. The minimum atomic E-state index is -0.268. The maximum absolute atomic E-state index is 12.6. The minimum absolute atomic E-state index is 0.0549. The molecule has 1 rings (SSSR count). The molecule has 1 aromatic carbocycles. The molecule has 0 aliphatic heterocycles. The van der Waals surface area contributed by atoms with Gasteiger partial charge in [-0.05, 0) is 0 Å². The first-order chi connectivity index (χ1) is 5.27. The van der Waals surface area contributed by atoms with Crippen molar-refractivity contribution in [2.45, 2.75) is 6.61 Å². The Morgan fingerprint density at radius 2 is 2.27 bits per heavy atom. The third kappa shape index (κ3) is 2.13. The molecule has 62 valence electrons. The molecule has 0 aromatic heterocycles. The summed E-state index contributed by atoms with van der Waals surface area (Å²) >= 11 is -0.0582. The summed E-state index contributed by atoms with van der Waals surface area (Å²) < 4.78 is 13.7. The fourth-order valence-corrected chi connectivity index (χ4v) is 2.41. The summed E-state index contributed by atoms with van der Waals surface area (Å²) in [6.07, 6.45) is 0. The monoisotopic (exact) mass is 267 g/mol. The van der Waals surface area contributed by atoms with Crippen LogP contribution in [-0.2, 0) is 6.61 Å². The van der Waals surface area contributed by atoms with Gasteiger partial charge in [-0.1, -0.05) is 0 Å². The quantitative estimate of drug-likeness (QED) is 0.495. The molecule has 0 unspecified atom stereocenters. The first-order valence-corrected chi connectivity index (χ1v) is 6.40. The summed E-state index contributed by atoms with van der Waals surface area (Å²) in [5.74, 6) is -0.268. The third-order valence-corrected chi connectivity index (χ3v) is 3.60. The predicted octanol–water partition coefficient (Wildman–Crippen LogP) is -1.79. The zero-order valence-electron chi connectivity index (χ0n) is 6.14. The topological polar surface area (TPSA) is 20.2 Å². The molecular weight excluding hydrogens is 258 g/mol. The molecule has 0 aliphatic carbocycles. The van der Waals surface area contributed by atoms with E-state index in [1.165, 1.54) is 12.1 Å². The van der Waals surface area contributed by atoms with Crippen molar-refractivity contribution in [1.29, 1.82) is 0 Å². The Bertz CT molecular complexity index is 250. The Labute approximate surface area is 75.5 Å². The molecule has 0 saturated heterocycles. The van der Waals surface area contributed by atoms with Crippen LogP contribution in [-0.4, -0.2) is 10.0 Å². The summed E-state index contributed by atoms with van der Waals surface area (Å²) in [5, 5.41) is 8.82. The van der Waals surface area contributed by atoms with Crippen molar-refractivity contribution >= 4 is 0 Å². The molecular formula is C8H9FIO-. The van der Waals surface area contributed by atoms with Crippen LogP contribution in [0.15, 0.2) is 18.2 Å². The molecule has 1 aromatic rings. The van der Waals surface area contributed by atoms with Crippen molar-refractivity contribution < 1.29 is 30.7 Å². The fraction of sp³-hybridized carbons (Fsp3) is 0.250. The molecule has 1 nitrogen and oxygen atoms in total. The molecule has 0 spiro atoms. The van der Waals surface area contributed by atoms with Crippen LogP contribution in [0.5, 0.6) is 0 Å². The first-order valence-electron chi connectivity index (χ1n) is 3.16. The maximum atomic E-state index is 12.6. The van der Waals surface area contributed by atoms with Crippen LogP contribution in [0.4, 0.5) is 4.39 Å². The van der Waals surface area contributed by atoms with Crippen LogP contribution in [0.2, 0.25) is 0 Å². The Morgan fingerprint density at radius 1 is 1.55 bits per heavy atom. The van der Waals surface area contributed by atoms with E-state index in [0.717, 1.165) is 9.13 Å². The van der Waals surface area contributed by atoms with Crippen molar-refractivity contribution in [2.24, 2.45) is 0 Å². The van der Waals surface area contributed by atoms with E-state index in [9.17, 15) is 4.39 Å². The summed E-state index contributed by atoms with van der Waals surface area (Å²) in [6, 6.07) is 4.60. The molecule has 1 N–H and O–H groups in total. The van der Waals surface area contributed by atoms with E-state index in [-0.39, 0.29) is 33.6 Å². The Morgan fingerprint density at radius 3 is 2.82 bits per heavy atom.